The molecule has 1 heterocycles. The van der Waals surface area contributed by atoms with Crippen molar-refractivity contribution in [1.29, 1.82) is 0 Å². The molecule has 6 nitrogen and oxygen atoms in total. The van der Waals surface area contributed by atoms with E-state index in [4.69, 9.17) is 0 Å². The normalized spacial score (nSPS) is 13.3. The maximum absolute atomic E-state index is 13.0. The van der Waals surface area contributed by atoms with Crippen LogP contribution in [0.1, 0.15) is 46.1 Å². The van der Waals surface area contributed by atoms with Crippen LogP contribution in [-0.2, 0) is 4.79 Å². The quantitative estimate of drug-likeness (QED) is 0.262. The van der Waals surface area contributed by atoms with Crippen molar-refractivity contribution in [2.24, 2.45) is 16.0 Å². The molecular weight excluding hydrogens is 384 g/mol. The minimum atomic E-state index is -0.186. The van der Waals surface area contributed by atoms with Gasteiger partial charge < -0.3 is 9.83 Å². The van der Waals surface area contributed by atoms with Gasteiger partial charge in [0, 0.05) is 6.54 Å². The number of rotatable bonds is 8. The van der Waals surface area contributed by atoms with Crippen molar-refractivity contribution >= 4 is 35.1 Å². The van der Waals surface area contributed by atoms with E-state index < -0.39 is 0 Å². The number of aliphatic hydroxyl groups is 1. The van der Waals surface area contributed by atoms with Gasteiger partial charge in [-0.3, -0.25) is 4.79 Å². The molecule has 0 saturated carbocycles. The van der Waals surface area contributed by atoms with Crippen LogP contribution in [-0.4, -0.2) is 34.1 Å². The molecule has 0 aromatic heterocycles. The summed E-state index contributed by atoms with van der Waals surface area (Å²) >= 11 is 1.46. The Morgan fingerprint density at radius 2 is 2.14 bits per heavy atom. The largest absolute Gasteiger partial charge is 0.506 e. The molecule has 0 atom stereocenters. The van der Waals surface area contributed by atoms with Crippen LogP contribution in [0.5, 0.6) is 0 Å². The number of aliphatic imine (C=N–C) groups is 1. The number of hydrogen-bond acceptors (Lipinski definition) is 6. The third-order valence-corrected chi connectivity index (χ3v) is 5.01. The molecule has 1 aromatic carbocycles. The van der Waals surface area contributed by atoms with Gasteiger partial charge in [-0.25, -0.2) is 10.0 Å². The Hall–Kier alpha value is -2.54. The molecule has 2 N–H and O–H groups in total. The highest BCUT2D eigenvalue weighted by atomic mass is 32.2. The number of amides is 1. The molecular formula is C22H30N4O2S. The van der Waals surface area contributed by atoms with Crippen LogP contribution in [0.2, 0.25) is 0 Å². The Morgan fingerprint density at radius 3 is 2.76 bits per heavy atom. The Bertz CT molecular complexity index is 868. The lowest BCUT2D eigenvalue weighted by Crippen LogP contribution is -2.33. The minimum Gasteiger partial charge on any atom is -0.506 e. The van der Waals surface area contributed by atoms with Crippen LogP contribution in [0.25, 0.3) is 0 Å². The first-order chi connectivity index (χ1) is 13.7. The van der Waals surface area contributed by atoms with Gasteiger partial charge in [-0.05, 0) is 68.8 Å². The van der Waals surface area contributed by atoms with Gasteiger partial charge in [0.2, 0.25) is 5.91 Å². The molecule has 29 heavy (non-hydrogen) atoms. The van der Waals surface area contributed by atoms with Crippen LogP contribution >= 0.6 is 11.9 Å². The van der Waals surface area contributed by atoms with E-state index in [2.05, 4.69) is 41.3 Å². The van der Waals surface area contributed by atoms with Crippen molar-refractivity contribution in [3.05, 3.63) is 47.7 Å². The fourth-order valence-electron chi connectivity index (χ4n) is 2.57. The summed E-state index contributed by atoms with van der Waals surface area (Å²) in [6.45, 7) is 14.0. The number of aliphatic hydroxyl groups excluding tert-OH is 1. The topological polar surface area (TPSA) is 77.3 Å². The number of allylic oxidation sites excluding steroid dienone is 2. The maximum atomic E-state index is 13.0. The second-order valence-electron chi connectivity index (χ2n) is 7.76. The molecule has 0 aliphatic carbocycles. The monoisotopic (exact) mass is 414 g/mol. The number of carbonyl (C=O) groups is 1. The fourth-order valence-corrected chi connectivity index (χ4v) is 3.38. The zero-order valence-corrected chi connectivity index (χ0v) is 18.6. The summed E-state index contributed by atoms with van der Waals surface area (Å²) in [6.07, 6.45) is 2.61. The molecule has 0 unspecified atom stereocenters. The summed E-state index contributed by atoms with van der Waals surface area (Å²) in [7, 11) is 0. The molecule has 7 heteroatoms. The molecule has 156 valence electrons. The third-order valence-electron chi connectivity index (χ3n) is 4.12. The van der Waals surface area contributed by atoms with Gasteiger partial charge >= 0.3 is 0 Å². The van der Waals surface area contributed by atoms with Crippen molar-refractivity contribution in [2.45, 2.75) is 52.4 Å². The van der Waals surface area contributed by atoms with E-state index in [0.29, 0.717) is 18.3 Å². The van der Waals surface area contributed by atoms with Crippen molar-refractivity contribution in [1.82, 2.24) is 9.73 Å². The van der Waals surface area contributed by atoms with Crippen molar-refractivity contribution in [3.63, 3.8) is 0 Å². The van der Waals surface area contributed by atoms with Gasteiger partial charge in [-0.2, -0.15) is 5.10 Å². The summed E-state index contributed by atoms with van der Waals surface area (Å²) in [4.78, 5) is 18.6. The Labute approximate surface area is 177 Å². The summed E-state index contributed by atoms with van der Waals surface area (Å²) in [6, 6.07) is 6.03. The van der Waals surface area contributed by atoms with Gasteiger partial charge in [0.15, 0.2) is 0 Å². The van der Waals surface area contributed by atoms with Crippen molar-refractivity contribution in [2.75, 3.05) is 6.54 Å². The first kappa shape index (κ1) is 22.7. The highest BCUT2D eigenvalue weighted by Crippen LogP contribution is 2.32. The number of benzene rings is 1. The molecule has 1 aliphatic heterocycles. The number of fused-ring (bicyclic) bond motifs is 1. The van der Waals surface area contributed by atoms with Gasteiger partial charge in [0.25, 0.3) is 0 Å². The summed E-state index contributed by atoms with van der Waals surface area (Å²) < 4.78 is 3.15. The summed E-state index contributed by atoms with van der Waals surface area (Å²) in [5, 5.41) is 15.7. The van der Waals surface area contributed by atoms with Gasteiger partial charge in [0.05, 0.1) is 17.0 Å². The SMILES string of the molecule is C=C(O)/C(C=C(C)C)=N\N(CCC(C)C)C(=O)CC1=Nc2ccc(C)cc2SN1. The van der Waals surface area contributed by atoms with Gasteiger partial charge in [-0.15, -0.1) is 0 Å². The number of carbonyl (C=O) groups excluding carboxylic acids is 1. The molecule has 0 fully saturated rings. The zero-order valence-electron chi connectivity index (χ0n) is 17.8. The molecule has 1 aliphatic rings. The van der Waals surface area contributed by atoms with Crippen LogP contribution < -0.4 is 4.72 Å². The molecule has 0 spiro atoms. The predicted molar refractivity (Wildman–Crippen MR) is 122 cm³/mol. The first-order valence-corrected chi connectivity index (χ1v) is 10.5. The number of aryl methyl sites for hydroxylation is 1. The molecule has 0 radical (unpaired) electrons. The molecule has 1 aromatic rings. The lowest BCUT2D eigenvalue weighted by atomic mass is 10.1. The average molecular weight is 415 g/mol. The number of hydrogen-bond donors (Lipinski definition) is 2. The Morgan fingerprint density at radius 1 is 1.41 bits per heavy atom. The fraction of sp³-hybridized carbons (Fsp3) is 0.409. The zero-order chi connectivity index (χ0) is 21.6. The lowest BCUT2D eigenvalue weighted by Gasteiger charge is -2.22. The van der Waals surface area contributed by atoms with Gasteiger partial charge in [0.1, 0.15) is 17.3 Å². The number of hydrazone groups is 1. The van der Waals surface area contributed by atoms with Crippen molar-refractivity contribution < 1.29 is 9.90 Å². The number of nitrogens with one attached hydrogen (secondary N) is 1. The standard InChI is InChI=1S/C22H30N4O2S/c1-14(2)9-10-26(24-19(17(6)27)11-15(3)4)22(28)13-21-23-18-8-7-16(5)12-20(18)29-25-21/h7-8,11-12,14,27H,6,9-10,13H2,1-5H3,(H,23,25)/b24-19-. The lowest BCUT2D eigenvalue weighted by molar-refractivity contribution is -0.130. The number of nitrogens with zero attached hydrogens (tertiary/aromatic N) is 3. The second-order valence-corrected chi connectivity index (χ2v) is 8.61. The molecule has 2 rings (SSSR count). The van der Waals surface area contributed by atoms with Crippen molar-refractivity contribution in [3.8, 4) is 0 Å². The predicted octanol–water partition coefficient (Wildman–Crippen LogP) is 5.29. The van der Waals surface area contributed by atoms with Crippen LogP contribution in [0.3, 0.4) is 0 Å². The highest BCUT2D eigenvalue weighted by Gasteiger charge is 2.20. The minimum absolute atomic E-state index is 0.0991. The smallest absolute Gasteiger partial charge is 0.250 e. The second kappa shape index (κ2) is 10.3. The van der Waals surface area contributed by atoms with E-state index in [1.165, 1.54) is 17.0 Å². The third kappa shape index (κ3) is 7.09. The summed E-state index contributed by atoms with van der Waals surface area (Å²) in [5.74, 6) is 0.656. The van der Waals surface area contributed by atoms with E-state index in [-0.39, 0.29) is 23.8 Å². The Balaban J connectivity index is 2.24. The summed E-state index contributed by atoms with van der Waals surface area (Å²) in [5.41, 5.74) is 3.26. The van der Waals surface area contributed by atoms with E-state index >= 15 is 0 Å². The highest BCUT2D eigenvalue weighted by molar-refractivity contribution is 7.98. The maximum Gasteiger partial charge on any atom is 0.250 e. The molecule has 1 amide bonds. The molecule has 0 saturated heterocycles. The van der Waals surface area contributed by atoms with Crippen LogP contribution in [0, 0.1) is 12.8 Å². The average Bonchev–Trinajstić information content (AvgIpc) is 2.63. The van der Waals surface area contributed by atoms with E-state index in [1.807, 2.05) is 32.9 Å². The first-order valence-electron chi connectivity index (χ1n) is 9.69. The van der Waals surface area contributed by atoms with Crippen LogP contribution in [0.4, 0.5) is 5.69 Å². The van der Waals surface area contributed by atoms with E-state index in [1.54, 1.807) is 6.08 Å². The van der Waals surface area contributed by atoms with Gasteiger partial charge in [-0.1, -0.05) is 32.1 Å². The van der Waals surface area contributed by atoms with Crippen LogP contribution in [0.15, 0.2) is 57.2 Å². The van der Waals surface area contributed by atoms with E-state index in [9.17, 15) is 9.90 Å². The Kier molecular flexibility index (Phi) is 8.08. The molecule has 0 bridgehead atoms. The number of amidine groups is 1. The van der Waals surface area contributed by atoms with E-state index in [0.717, 1.165) is 28.1 Å².